The van der Waals surface area contributed by atoms with Crippen molar-refractivity contribution in [1.82, 2.24) is 10.2 Å². The van der Waals surface area contributed by atoms with Crippen molar-refractivity contribution in [1.29, 1.82) is 0 Å². The Hall–Kier alpha value is -2.31. The molecule has 0 unspecified atom stereocenters. The fourth-order valence-corrected chi connectivity index (χ4v) is 2.88. The Morgan fingerprint density at radius 1 is 1.16 bits per heavy atom. The first-order valence-corrected chi connectivity index (χ1v) is 8.97. The molecule has 0 bridgehead atoms. The third-order valence-electron chi connectivity index (χ3n) is 3.57. The van der Waals surface area contributed by atoms with E-state index in [9.17, 15) is 4.79 Å². The molecule has 1 N–H and O–H groups in total. The van der Waals surface area contributed by atoms with Gasteiger partial charge in [0.05, 0.1) is 5.75 Å². The van der Waals surface area contributed by atoms with E-state index in [0.29, 0.717) is 21.8 Å². The van der Waals surface area contributed by atoms with Crippen molar-refractivity contribution in [2.24, 2.45) is 0 Å². The molecule has 0 aliphatic carbocycles. The molecule has 0 saturated carbocycles. The summed E-state index contributed by atoms with van der Waals surface area (Å²) in [5.41, 5.74) is 3.54. The van der Waals surface area contributed by atoms with Crippen LogP contribution in [0.1, 0.15) is 11.1 Å². The first-order valence-electron chi connectivity index (χ1n) is 7.61. The number of nitrogens with zero attached hydrogens (tertiary/aromatic N) is 2. The molecule has 5 nitrogen and oxygen atoms in total. The van der Waals surface area contributed by atoms with Crippen LogP contribution in [0.2, 0.25) is 5.02 Å². The Bertz CT molecular complexity index is 894. The average Bonchev–Trinajstić information content (AvgIpc) is 3.07. The maximum absolute atomic E-state index is 12.1. The van der Waals surface area contributed by atoms with Crippen molar-refractivity contribution in [2.75, 3.05) is 11.1 Å². The van der Waals surface area contributed by atoms with Crippen LogP contribution in [0.5, 0.6) is 0 Å². The summed E-state index contributed by atoms with van der Waals surface area (Å²) in [7, 11) is 0. The lowest BCUT2D eigenvalue weighted by Gasteiger charge is -2.08. The summed E-state index contributed by atoms with van der Waals surface area (Å²) >= 11 is 7.24. The molecule has 7 heteroatoms. The first kappa shape index (κ1) is 17.5. The lowest BCUT2D eigenvalue weighted by molar-refractivity contribution is -0.113. The van der Waals surface area contributed by atoms with Gasteiger partial charge in [-0.15, -0.1) is 10.2 Å². The highest BCUT2D eigenvalue weighted by Crippen LogP contribution is 2.25. The largest absolute Gasteiger partial charge is 0.411 e. The Kier molecular flexibility index (Phi) is 5.40. The van der Waals surface area contributed by atoms with Crippen molar-refractivity contribution < 1.29 is 9.21 Å². The number of hydrogen-bond acceptors (Lipinski definition) is 5. The van der Waals surface area contributed by atoms with Gasteiger partial charge in [0.15, 0.2) is 0 Å². The molecule has 0 fully saturated rings. The number of amides is 1. The number of halogens is 1. The third kappa shape index (κ3) is 4.41. The van der Waals surface area contributed by atoms with Crippen molar-refractivity contribution in [3.05, 3.63) is 58.6 Å². The Balaban J connectivity index is 1.59. The summed E-state index contributed by atoms with van der Waals surface area (Å²) in [5.74, 6) is 0.445. The summed E-state index contributed by atoms with van der Waals surface area (Å²) in [6.07, 6.45) is 0. The van der Waals surface area contributed by atoms with Crippen molar-refractivity contribution in [3.63, 3.8) is 0 Å². The predicted octanol–water partition coefficient (Wildman–Crippen LogP) is 4.74. The molecule has 3 aromatic rings. The van der Waals surface area contributed by atoms with Gasteiger partial charge in [0.2, 0.25) is 11.8 Å². The maximum atomic E-state index is 12.1. The van der Waals surface area contributed by atoms with Gasteiger partial charge in [0.1, 0.15) is 0 Å². The Labute approximate surface area is 154 Å². The number of aromatic nitrogens is 2. The van der Waals surface area contributed by atoms with Gasteiger partial charge in [-0.25, -0.2) is 0 Å². The van der Waals surface area contributed by atoms with Crippen LogP contribution in [-0.2, 0) is 4.79 Å². The molecule has 0 atom stereocenters. The number of benzene rings is 2. The van der Waals surface area contributed by atoms with Crippen molar-refractivity contribution in [3.8, 4) is 11.5 Å². The molecule has 1 heterocycles. The van der Waals surface area contributed by atoms with Gasteiger partial charge in [0.25, 0.3) is 5.22 Å². The minimum absolute atomic E-state index is 0.162. The Morgan fingerprint density at radius 2 is 1.92 bits per heavy atom. The second-order valence-electron chi connectivity index (χ2n) is 5.49. The molecule has 0 radical (unpaired) electrons. The molecule has 1 amide bonds. The zero-order valence-corrected chi connectivity index (χ0v) is 15.3. The molecule has 0 aliphatic rings. The van der Waals surface area contributed by atoms with Crippen LogP contribution in [0, 0.1) is 13.8 Å². The summed E-state index contributed by atoms with van der Waals surface area (Å²) < 4.78 is 5.59. The molecule has 25 heavy (non-hydrogen) atoms. The van der Waals surface area contributed by atoms with E-state index in [-0.39, 0.29) is 11.7 Å². The average molecular weight is 374 g/mol. The number of carbonyl (C=O) groups excluding carboxylic acids is 1. The molecule has 3 rings (SSSR count). The van der Waals surface area contributed by atoms with Crippen LogP contribution in [0.15, 0.2) is 52.1 Å². The Morgan fingerprint density at radius 3 is 2.68 bits per heavy atom. The first-order chi connectivity index (χ1) is 12.0. The van der Waals surface area contributed by atoms with E-state index in [1.165, 1.54) is 11.8 Å². The van der Waals surface area contributed by atoms with E-state index in [1.54, 1.807) is 12.1 Å². The van der Waals surface area contributed by atoms with Gasteiger partial charge < -0.3 is 9.73 Å². The molecule has 128 valence electrons. The van der Waals surface area contributed by atoms with Gasteiger partial charge in [-0.3, -0.25) is 4.79 Å². The molecule has 0 spiro atoms. The van der Waals surface area contributed by atoms with Crippen LogP contribution in [0.25, 0.3) is 11.5 Å². The van der Waals surface area contributed by atoms with Crippen molar-refractivity contribution in [2.45, 2.75) is 19.1 Å². The molecular formula is C18H16ClN3O2S. The molecule has 1 aromatic heterocycles. The van der Waals surface area contributed by atoms with Crippen LogP contribution >= 0.6 is 23.4 Å². The fraction of sp³-hybridized carbons (Fsp3) is 0.167. The highest BCUT2D eigenvalue weighted by atomic mass is 35.5. The van der Waals surface area contributed by atoms with Gasteiger partial charge in [0, 0.05) is 16.3 Å². The van der Waals surface area contributed by atoms with E-state index >= 15 is 0 Å². The van der Waals surface area contributed by atoms with Gasteiger partial charge >= 0.3 is 0 Å². The monoisotopic (exact) mass is 373 g/mol. The zero-order valence-electron chi connectivity index (χ0n) is 13.7. The highest BCUT2D eigenvalue weighted by Gasteiger charge is 2.12. The topological polar surface area (TPSA) is 68.0 Å². The number of anilines is 1. The number of carbonyl (C=O) groups is 1. The molecule has 0 aliphatic heterocycles. The second kappa shape index (κ2) is 7.72. The maximum Gasteiger partial charge on any atom is 0.277 e. The smallest absolute Gasteiger partial charge is 0.277 e. The van der Waals surface area contributed by atoms with Gasteiger partial charge in [-0.1, -0.05) is 47.1 Å². The number of aryl methyl sites for hydroxylation is 1. The molecular weight excluding hydrogens is 358 g/mol. The number of rotatable bonds is 5. The molecule has 0 saturated heterocycles. The summed E-state index contributed by atoms with van der Waals surface area (Å²) in [6.45, 7) is 3.87. The third-order valence-corrected chi connectivity index (χ3v) is 4.80. The van der Waals surface area contributed by atoms with Crippen LogP contribution in [0.3, 0.4) is 0 Å². The minimum atomic E-state index is -0.162. The quantitative estimate of drug-likeness (QED) is 0.654. The fourth-order valence-electron chi connectivity index (χ4n) is 2.14. The summed E-state index contributed by atoms with van der Waals surface area (Å²) in [4.78, 5) is 12.1. The second-order valence-corrected chi connectivity index (χ2v) is 6.82. The summed E-state index contributed by atoms with van der Waals surface area (Å²) in [6, 6.07) is 13.2. The number of nitrogens with one attached hydrogen (secondary N) is 1. The zero-order chi connectivity index (χ0) is 17.8. The predicted molar refractivity (Wildman–Crippen MR) is 100 cm³/mol. The van der Waals surface area contributed by atoms with E-state index in [0.717, 1.165) is 16.7 Å². The standard InChI is InChI=1S/C18H16ClN3O2S/c1-11-6-8-13(9-7-11)17-21-22-18(24-17)25-10-16(23)20-15-5-3-4-14(19)12(15)2/h3-9H,10H2,1-2H3,(H,20,23). The minimum Gasteiger partial charge on any atom is -0.411 e. The lowest BCUT2D eigenvalue weighted by Crippen LogP contribution is -2.14. The van der Waals surface area contributed by atoms with E-state index < -0.39 is 0 Å². The SMILES string of the molecule is Cc1ccc(-c2nnc(SCC(=O)Nc3cccc(Cl)c3C)o2)cc1. The van der Waals surface area contributed by atoms with Crippen LogP contribution in [0.4, 0.5) is 5.69 Å². The highest BCUT2D eigenvalue weighted by molar-refractivity contribution is 7.99. The van der Waals surface area contributed by atoms with Crippen LogP contribution < -0.4 is 5.32 Å². The number of hydrogen-bond donors (Lipinski definition) is 1. The summed E-state index contributed by atoms with van der Waals surface area (Å²) in [5, 5.41) is 11.8. The van der Waals surface area contributed by atoms with Gasteiger partial charge in [-0.2, -0.15) is 0 Å². The van der Waals surface area contributed by atoms with E-state index in [1.807, 2.05) is 44.2 Å². The number of thioether (sulfide) groups is 1. The van der Waals surface area contributed by atoms with Gasteiger partial charge in [-0.05, 0) is 43.7 Å². The van der Waals surface area contributed by atoms with E-state index in [2.05, 4.69) is 15.5 Å². The normalized spacial score (nSPS) is 10.7. The van der Waals surface area contributed by atoms with Crippen LogP contribution in [-0.4, -0.2) is 21.9 Å². The molecule has 2 aromatic carbocycles. The van der Waals surface area contributed by atoms with E-state index in [4.69, 9.17) is 16.0 Å². The lowest BCUT2D eigenvalue weighted by atomic mass is 10.1. The van der Waals surface area contributed by atoms with Crippen molar-refractivity contribution >= 4 is 35.0 Å².